The second kappa shape index (κ2) is 7.20. The van der Waals surface area contributed by atoms with Crippen molar-refractivity contribution in [1.82, 2.24) is 0 Å². The zero-order valence-corrected chi connectivity index (χ0v) is 12.8. The van der Waals surface area contributed by atoms with Crippen molar-refractivity contribution in [3.05, 3.63) is 76.5 Å². The molecule has 7 heteroatoms. The van der Waals surface area contributed by atoms with Gasteiger partial charge >= 0.3 is 6.18 Å². The Hall–Kier alpha value is -2.78. The lowest BCUT2D eigenvalue weighted by Crippen LogP contribution is -2.06. The zero-order chi connectivity index (χ0) is 17.7. The Morgan fingerprint density at radius 1 is 1.12 bits per heavy atom. The van der Waals surface area contributed by atoms with Crippen LogP contribution in [0.1, 0.15) is 15.9 Å². The highest BCUT2D eigenvalue weighted by Crippen LogP contribution is 2.29. The van der Waals surface area contributed by atoms with Crippen LogP contribution in [-0.4, -0.2) is 5.78 Å². The SMILES string of the molecule is N#C/C(=C\Nc1ccc(C(F)(F)F)cc1)C(=O)c1ccccc1Cl. The van der Waals surface area contributed by atoms with E-state index in [0.29, 0.717) is 5.69 Å². The van der Waals surface area contributed by atoms with E-state index < -0.39 is 17.5 Å². The minimum absolute atomic E-state index is 0.168. The third-order valence-corrected chi connectivity index (χ3v) is 3.41. The van der Waals surface area contributed by atoms with E-state index >= 15 is 0 Å². The number of nitrogens with zero attached hydrogens (tertiary/aromatic N) is 1. The Kier molecular flexibility index (Phi) is 5.27. The van der Waals surface area contributed by atoms with E-state index in [9.17, 15) is 18.0 Å². The van der Waals surface area contributed by atoms with Crippen molar-refractivity contribution >= 4 is 23.1 Å². The summed E-state index contributed by atoms with van der Waals surface area (Å²) in [7, 11) is 0. The van der Waals surface area contributed by atoms with Crippen molar-refractivity contribution in [3.63, 3.8) is 0 Å². The van der Waals surface area contributed by atoms with Crippen molar-refractivity contribution < 1.29 is 18.0 Å². The summed E-state index contributed by atoms with van der Waals surface area (Å²) in [6, 6.07) is 12.2. The number of halogens is 4. The minimum atomic E-state index is -4.42. The molecule has 0 unspecified atom stereocenters. The van der Waals surface area contributed by atoms with E-state index in [2.05, 4.69) is 5.32 Å². The molecule has 0 spiro atoms. The Morgan fingerprint density at radius 2 is 1.75 bits per heavy atom. The zero-order valence-electron chi connectivity index (χ0n) is 12.1. The van der Waals surface area contributed by atoms with Gasteiger partial charge in [-0.25, -0.2) is 0 Å². The second-order valence-corrected chi connectivity index (χ2v) is 5.11. The molecule has 0 atom stereocenters. The molecule has 0 saturated heterocycles. The van der Waals surface area contributed by atoms with Gasteiger partial charge in [0.2, 0.25) is 5.78 Å². The van der Waals surface area contributed by atoms with Crippen LogP contribution in [0.4, 0.5) is 18.9 Å². The molecule has 0 amide bonds. The van der Waals surface area contributed by atoms with Crippen LogP contribution < -0.4 is 5.32 Å². The summed E-state index contributed by atoms with van der Waals surface area (Å²) in [4.78, 5) is 12.2. The molecule has 0 saturated carbocycles. The molecule has 0 radical (unpaired) electrons. The molecule has 0 aliphatic carbocycles. The maximum absolute atomic E-state index is 12.5. The van der Waals surface area contributed by atoms with Gasteiger partial charge in [-0.3, -0.25) is 4.79 Å². The molecular formula is C17H10ClF3N2O. The number of anilines is 1. The van der Waals surface area contributed by atoms with Crippen LogP contribution in [0.25, 0.3) is 0 Å². The first kappa shape index (κ1) is 17.6. The van der Waals surface area contributed by atoms with Crippen LogP contribution in [0.2, 0.25) is 5.02 Å². The topological polar surface area (TPSA) is 52.9 Å². The summed E-state index contributed by atoms with van der Waals surface area (Å²) >= 11 is 5.91. The van der Waals surface area contributed by atoms with E-state index in [0.717, 1.165) is 18.3 Å². The largest absolute Gasteiger partial charge is 0.416 e. The molecule has 2 aromatic rings. The number of hydrogen-bond acceptors (Lipinski definition) is 3. The smallest absolute Gasteiger partial charge is 0.360 e. The third-order valence-electron chi connectivity index (χ3n) is 3.08. The number of carbonyl (C=O) groups is 1. The Labute approximate surface area is 141 Å². The number of nitriles is 1. The summed E-state index contributed by atoms with van der Waals surface area (Å²) < 4.78 is 37.5. The predicted molar refractivity (Wildman–Crippen MR) is 84.5 cm³/mol. The first-order valence-electron chi connectivity index (χ1n) is 6.66. The van der Waals surface area contributed by atoms with E-state index in [-0.39, 0.29) is 16.2 Å². The number of alkyl halides is 3. The Balaban J connectivity index is 2.19. The van der Waals surface area contributed by atoms with E-state index in [1.165, 1.54) is 24.3 Å². The van der Waals surface area contributed by atoms with Crippen molar-refractivity contribution in [1.29, 1.82) is 5.26 Å². The monoisotopic (exact) mass is 350 g/mol. The van der Waals surface area contributed by atoms with Gasteiger partial charge in [-0.1, -0.05) is 23.7 Å². The number of hydrogen-bond donors (Lipinski definition) is 1. The first-order chi connectivity index (χ1) is 11.3. The molecule has 122 valence electrons. The molecule has 1 N–H and O–H groups in total. The highest BCUT2D eigenvalue weighted by molar-refractivity contribution is 6.35. The fourth-order valence-corrected chi connectivity index (χ4v) is 2.07. The van der Waals surface area contributed by atoms with Crippen LogP contribution in [0.5, 0.6) is 0 Å². The van der Waals surface area contributed by atoms with E-state index in [1.807, 2.05) is 0 Å². The third kappa shape index (κ3) is 4.15. The lowest BCUT2D eigenvalue weighted by atomic mass is 10.1. The molecule has 0 heterocycles. The van der Waals surface area contributed by atoms with Crippen molar-refractivity contribution in [2.45, 2.75) is 6.18 Å². The van der Waals surface area contributed by atoms with Gasteiger partial charge < -0.3 is 5.32 Å². The van der Waals surface area contributed by atoms with Gasteiger partial charge in [0, 0.05) is 17.5 Å². The number of carbonyl (C=O) groups excluding carboxylic acids is 1. The normalized spacial score (nSPS) is 11.7. The number of benzene rings is 2. The highest BCUT2D eigenvalue weighted by Gasteiger charge is 2.29. The fraction of sp³-hybridized carbons (Fsp3) is 0.0588. The number of nitrogens with one attached hydrogen (secondary N) is 1. The maximum Gasteiger partial charge on any atom is 0.416 e. The molecule has 2 rings (SSSR count). The van der Waals surface area contributed by atoms with Crippen molar-refractivity contribution in [2.24, 2.45) is 0 Å². The van der Waals surface area contributed by atoms with Gasteiger partial charge in [0.15, 0.2) is 0 Å². The molecule has 3 nitrogen and oxygen atoms in total. The van der Waals surface area contributed by atoms with Crippen LogP contribution in [-0.2, 0) is 6.18 Å². The lowest BCUT2D eigenvalue weighted by Gasteiger charge is -2.08. The lowest BCUT2D eigenvalue weighted by molar-refractivity contribution is -0.137. The predicted octanol–water partition coefficient (Wildman–Crippen LogP) is 5.06. The number of Topliss-reactive ketones (excluding diaryl/α,β-unsaturated/α-hetero) is 1. The quantitative estimate of drug-likeness (QED) is 0.476. The van der Waals surface area contributed by atoms with Gasteiger partial charge in [-0.05, 0) is 36.4 Å². The average Bonchev–Trinajstić information content (AvgIpc) is 2.55. The highest BCUT2D eigenvalue weighted by atomic mass is 35.5. The molecule has 2 aromatic carbocycles. The van der Waals surface area contributed by atoms with E-state index in [4.69, 9.17) is 16.9 Å². The number of ketones is 1. The molecular weight excluding hydrogens is 341 g/mol. The number of rotatable bonds is 4. The van der Waals surface area contributed by atoms with Crippen LogP contribution in [0, 0.1) is 11.3 Å². The van der Waals surface area contributed by atoms with Crippen molar-refractivity contribution in [2.75, 3.05) is 5.32 Å². The summed E-state index contributed by atoms with van der Waals surface area (Å²) in [5.41, 5.74) is -0.531. The van der Waals surface area contributed by atoms with Gasteiger partial charge in [-0.2, -0.15) is 18.4 Å². The summed E-state index contributed by atoms with van der Waals surface area (Å²) in [5, 5.41) is 11.9. The minimum Gasteiger partial charge on any atom is -0.360 e. The standard InChI is InChI=1S/C17H10ClF3N2O/c18-15-4-2-1-3-14(15)16(24)11(9-22)10-23-13-7-5-12(6-8-13)17(19,20)21/h1-8,10,23H/b11-10+. The summed E-state index contributed by atoms with van der Waals surface area (Å²) in [6.07, 6.45) is -3.29. The maximum atomic E-state index is 12.5. The Bertz CT molecular complexity index is 821. The van der Waals surface area contributed by atoms with E-state index in [1.54, 1.807) is 18.2 Å². The molecule has 0 bridgehead atoms. The van der Waals surface area contributed by atoms with Crippen LogP contribution >= 0.6 is 11.6 Å². The van der Waals surface area contributed by atoms with Gasteiger partial charge in [0.25, 0.3) is 0 Å². The fourth-order valence-electron chi connectivity index (χ4n) is 1.85. The second-order valence-electron chi connectivity index (χ2n) is 4.70. The molecule has 0 fully saturated rings. The summed E-state index contributed by atoms with van der Waals surface area (Å²) in [6.45, 7) is 0. The van der Waals surface area contributed by atoms with Gasteiger partial charge in [0.05, 0.1) is 10.6 Å². The first-order valence-corrected chi connectivity index (χ1v) is 7.04. The molecule has 0 aliphatic heterocycles. The average molecular weight is 351 g/mol. The molecule has 0 aliphatic rings. The Morgan fingerprint density at radius 3 is 2.29 bits per heavy atom. The van der Waals surface area contributed by atoms with Crippen LogP contribution in [0.3, 0.4) is 0 Å². The molecule has 24 heavy (non-hydrogen) atoms. The van der Waals surface area contributed by atoms with Crippen LogP contribution in [0.15, 0.2) is 60.3 Å². The van der Waals surface area contributed by atoms with Gasteiger partial charge in [-0.15, -0.1) is 0 Å². The summed E-state index contributed by atoms with van der Waals surface area (Å²) in [5.74, 6) is -0.581. The van der Waals surface area contributed by atoms with Crippen molar-refractivity contribution in [3.8, 4) is 6.07 Å². The molecule has 0 aromatic heterocycles. The van der Waals surface area contributed by atoms with Gasteiger partial charge in [0.1, 0.15) is 11.6 Å². The number of allylic oxidation sites excluding steroid dienone is 1.